The van der Waals surface area contributed by atoms with Crippen molar-refractivity contribution >= 4 is 59.1 Å². The summed E-state index contributed by atoms with van der Waals surface area (Å²) in [4.78, 5) is 70.5. The third-order valence-corrected chi connectivity index (χ3v) is 6.79. The van der Waals surface area contributed by atoms with Crippen LogP contribution in [0.4, 0.5) is 9.59 Å². The number of carboxylic acid groups (broad SMARTS) is 1. The van der Waals surface area contributed by atoms with Crippen LogP contribution in [-0.2, 0) is 46.2 Å². The van der Waals surface area contributed by atoms with Gasteiger partial charge in [-0.15, -0.1) is 0 Å². The molecule has 0 saturated heterocycles. The number of nitrogens with one attached hydrogen (secondary N) is 4. The van der Waals surface area contributed by atoms with E-state index in [1.165, 1.54) is 0 Å². The fourth-order valence-corrected chi connectivity index (χ4v) is 4.32. The van der Waals surface area contributed by atoms with E-state index >= 15 is 0 Å². The molecule has 18 heteroatoms. The largest absolute Gasteiger partial charge is 1.00 e. The molecule has 0 aromatic heterocycles. The molecule has 0 bridgehead atoms. The molecule has 15 nitrogen and oxygen atoms in total. The number of esters is 1. The van der Waals surface area contributed by atoms with Gasteiger partial charge in [0.1, 0.15) is 23.3 Å². The molecule has 2 atom stereocenters. The molecule has 0 spiro atoms. The average Bonchev–Trinajstić information content (AvgIpc) is 3.01. The molecular weight excluding hydrogens is 742 g/mol. The van der Waals surface area contributed by atoms with Gasteiger partial charge >= 0.3 is 43.0 Å². The molecule has 6 N–H and O–H groups in total. The Morgan fingerprint density at radius 2 is 1.02 bits per heavy atom. The van der Waals surface area contributed by atoms with Gasteiger partial charge in [0.2, 0.25) is 11.8 Å². The third-order valence-electron chi connectivity index (χ3n) is 6.29. The molecule has 2 aromatic carbocycles. The fourth-order valence-electron chi connectivity index (χ4n) is 4.07. The van der Waals surface area contributed by atoms with E-state index in [0.29, 0.717) is 10.0 Å². The van der Waals surface area contributed by atoms with Crippen molar-refractivity contribution in [2.24, 2.45) is 0 Å². The number of rotatable bonds is 15. The quantitative estimate of drug-likeness (QED) is 0.0996. The van der Waals surface area contributed by atoms with Crippen molar-refractivity contribution in [3.63, 3.8) is 0 Å². The zero-order valence-corrected chi connectivity index (χ0v) is 33.6. The van der Waals surface area contributed by atoms with Crippen molar-refractivity contribution in [2.75, 3.05) is 19.7 Å². The molecule has 0 fully saturated rings. The second-order valence-corrected chi connectivity index (χ2v) is 14.2. The van der Waals surface area contributed by atoms with Crippen molar-refractivity contribution in [3.05, 3.63) is 69.7 Å². The van der Waals surface area contributed by atoms with Crippen LogP contribution in [0.25, 0.3) is 0 Å². The Labute approximate surface area is 338 Å². The first-order chi connectivity index (χ1) is 24.2. The number of amides is 4. The number of carbonyl (C=O) groups excluding carboxylic acids is 5. The molecule has 0 aliphatic rings. The second-order valence-electron chi connectivity index (χ2n) is 13.3. The van der Waals surface area contributed by atoms with Crippen LogP contribution in [0.1, 0.15) is 72.4 Å². The van der Waals surface area contributed by atoms with Gasteiger partial charge in [-0.2, -0.15) is 0 Å². The van der Waals surface area contributed by atoms with Gasteiger partial charge in [-0.3, -0.25) is 9.59 Å². The number of halogens is 2. The maximum atomic E-state index is 12.1. The van der Waals surface area contributed by atoms with E-state index < -0.39 is 53.3 Å². The summed E-state index contributed by atoms with van der Waals surface area (Å²) in [6, 6.07) is 11.8. The Morgan fingerprint density at radius 3 is 1.35 bits per heavy atom. The Morgan fingerprint density at radius 1 is 0.667 bits per heavy atom. The van der Waals surface area contributed by atoms with Crippen molar-refractivity contribution in [1.29, 1.82) is 0 Å². The summed E-state index contributed by atoms with van der Waals surface area (Å²) < 4.78 is 15.2. The van der Waals surface area contributed by atoms with Gasteiger partial charge in [-0.25, -0.2) is 19.2 Å². The minimum absolute atomic E-state index is 0. The molecule has 2 unspecified atom stereocenters. The molecule has 296 valence electrons. The summed E-state index contributed by atoms with van der Waals surface area (Å²) in [5, 5.41) is 20.4. The van der Waals surface area contributed by atoms with Crippen LogP contribution in [0.5, 0.6) is 0 Å². The number of aliphatic carboxylic acids is 1. The van der Waals surface area contributed by atoms with Crippen LogP contribution in [-0.4, -0.2) is 89.5 Å². The molecule has 0 heterocycles. The summed E-state index contributed by atoms with van der Waals surface area (Å²) in [5.74, 6) is -2.50. The average molecular weight is 794 g/mol. The first-order valence-corrected chi connectivity index (χ1v) is 17.3. The molecule has 4 amide bonds. The number of carboxylic acids is 1. The fraction of sp³-hybridized carbons (Fsp3) is 0.500. The number of hydrogen-bond donors (Lipinski definition) is 5. The number of hydrogen-bond acceptors (Lipinski definition) is 10. The number of ether oxygens (including phenoxy) is 3. The number of carbonyl (C=O) groups is 6. The summed E-state index contributed by atoms with van der Waals surface area (Å²) in [6.45, 7) is 12.5. The van der Waals surface area contributed by atoms with E-state index in [9.17, 15) is 33.9 Å². The summed E-state index contributed by atoms with van der Waals surface area (Å²) in [6.07, 6.45) is -0.854. The topological polar surface area (TPSA) is 228 Å². The number of alkyl carbamates (subject to hydrolysis) is 2. The Balaban J connectivity index is 0. The van der Waals surface area contributed by atoms with Gasteiger partial charge in [-0.05, 0) is 83.9 Å². The van der Waals surface area contributed by atoms with Gasteiger partial charge in [-0.1, -0.05) is 47.5 Å². The summed E-state index contributed by atoms with van der Waals surface area (Å²) >= 11 is 11.6. The Bertz CT molecular complexity index is 1480. The van der Waals surface area contributed by atoms with Gasteiger partial charge in [0.05, 0.1) is 6.61 Å². The van der Waals surface area contributed by atoms with Crippen LogP contribution in [0.2, 0.25) is 10.0 Å². The predicted molar refractivity (Wildman–Crippen MR) is 198 cm³/mol. The molecule has 2 aromatic rings. The maximum absolute atomic E-state index is 12.1. The van der Waals surface area contributed by atoms with Crippen molar-refractivity contribution < 1.29 is 72.4 Å². The molecular formula is C36H51Cl2LiN4O11. The minimum Gasteiger partial charge on any atom is -0.870 e. The van der Waals surface area contributed by atoms with Crippen LogP contribution in [0.15, 0.2) is 48.5 Å². The zero-order chi connectivity index (χ0) is 39.5. The van der Waals surface area contributed by atoms with Crippen LogP contribution < -0.4 is 40.1 Å². The monoisotopic (exact) mass is 792 g/mol. The minimum atomic E-state index is -1.14. The number of benzene rings is 2. The summed E-state index contributed by atoms with van der Waals surface area (Å²) in [7, 11) is 0. The van der Waals surface area contributed by atoms with Gasteiger partial charge < -0.3 is 46.1 Å². The molecule has 0 radical (unpaired) electrons. The zero-order valence-electron chi connectivity index (χ0n) is 32.0. The standard InChI is InChI=1S/C19H27ClN2O5.C17H23ClN2O5.Li.H2O/c1-5-26-17(24)15(12-13-6-8-14(20)9-7-13)22-16(23)10-11-21-18(25)27-19(2,3)4;1-17(2,3)25-16(24)19-9-8-14(21)20-13(15(22)23)10-11-4-6-12(18)7-5-11;;/h6-9,15H,5,10-12H2,1-4H3,(H,21,25)(H,22,23);4-7,13H,8-10H2,1-3H3,(H,19,24)(H,20,21)(H,22,23);;1H2/q;;+1;/p-1. The van der Waals surface area contributed by atoms with E-state index in [2.05, 4.69) is 21.3 Å². The normalized spacial score (nSPS) is 11.6. The summed E-state index contributed by atoms with van der Waals surface area (Å²) in [5.41, 5.74) is 0.341. The van der Waals surface area contributed by atoms with Crippen LogP contribution in [0.3, 0.4) is 0 Å². The molecule has 2 rings (SSSR count). The van der Waals surface area contributed by atoms with E-state index in [1.807, 2.05) is 0 Å². The SMILES string of the molecule is CC(C)(C)OC(=O)NCCC(=O)NC(Cc1ccc(Cl)cc1)C(=O)O.CCOC(=O)C(Cc1ccc(Cl)cc1)NC(=O)CCNC(=O)OC(C)(C)C.[Li+].[OH-]. The smallest absolute Gasteiger partial charge is 0.870 e. The molecule has 0 aliphatic carbocycles. The van der Waals surface area contributed by atoms with Crippen molar-refractivity contribution in [2.45, 2.75) is 97.4 Å². The van der Waals surface area contributed by atoms with Gasteiger partial charge in [0.25, 0.3) is 0 Å². The third kappa shape index (κ3) is 25.1. The van der Waals surface area contributed by atoms with Crippen molar-refractivity contribution in [3.8, 4) is 0 Å². The Hall–Kier alpha value is -4.00. The van der Waals surface area contributed by atoms with E-state index in [1.54, 1.807) is 97.0 Å². The molecule has 0 saturated carbocycles. The first-order valence-electron chi connectivity index (χ1n) is 16.6. The van der Waals surface area contributed by atoms with Crippen LogP contribution in [0, 0.1) is 0 Å². The van der Waals surface area contributed by atoms with Crippen LogP contribution >= 0.6 is 23.2 Å². The molecule has 0 aliphatic heterocycles. The van der Waals surface area contributed by atoms with E-state index in [-0.39, 0.29) is 75.6 Å². The predicted octanol–water partition coefficient (Wildman–Crippen LogP) is 2.04. The second kappa shape index (κ2) is 25.9. The maximum Gasteiger partial charge on any atom is 1.00 e. The van der Waals surface area contributed by atoms with Gasteiger partial charge in [0.15, 0.2) is 0 Å². The van der Waals surface area contributed by atoms with E-state index in [4.69, 9.17) is 37.4 Å². The Kier molecular flexibility index (Phi) is 25.0. The van der Waals surface area contributed by atoms with Crippen molar-refractivity contribution in [1.82, 2.24) is 21.3 Å². The van der Waals surface area contributed by atoms with E-state index in [0.717, 1.165) is 11.1 Å². The van der Waals surface area contributed by atoms with Gasteiger partial charge in [0, 0.05) is 48.8 Å². The molecule has 54 heavy (non-hydrogen) atoms. The first kappa shape index (κ1) is 52.1.